The molecular weight excluding hydrogens is 409 g/mol. The average molecular weight is 436 g/mol. The predicted octanol–water partition coefficient (Wildman–Crippen LogP) is 2.75. The first kappa shape index (κ1) is 23.2. The number of aliphatic hydroxyl groups is 2. The maximum Gasteiger partial charge on any atom is 0.416 e. The molecule has 0 spiro atoms. The second-order valence-electron chi connectivity index (χ2n) is 8.01. The van der Waals surface area contributed by atoms with E-state index in [4.69, 9.17) is 0 Å². The number of aliphatic hydroxyl groups excluding tert-OH is 1. The molecule has 1 fully saturated rings. The second kappa shape index (κ2) is 9.80. The van der Waals surface area contributed by atoms with Gasteiger partial charge in [0.25, 0.3) is 0 Å². The zero-order valence-corrected chi connectivity index (χ0v) is 17.1. The summed E-state index contributed by atoms with van der Waals surface area (Å²) >= 11 is 0. The van der Waals surface area contributed by atoms with E-state index in [9.17, 15) is 28.2 Å². The molecule has 1 saturated heterocycles. The highest BCUT2D eigenvalue weighted by molar-refractivity contribution is 5.76. The van der Waals surface area contributed by atoms with Crippen LogP contribution in [0, 0.1) is 0 Å². The third kappa shape index (κ3) is 6.29. The summed E-state index contributed by atoms with van der Waals surface area (Å²) in [5.74, 6) is -0.105. The van der Waals surface area contributed by atoms with Crippen molar-refractivity contribution in [3.63, 3.8) is 0 Å². The third-order valence-electron chi connectivity index (χ3n) is 5.60. The summed E-state index contributed by atoms with van der Waals surface area (Å²) in [5.41, 5.74) is -0.841. The van der Waals surface area contributed by atoms with E-state index in [1.807, 2.05) is 30.3 Å². The van der Waals surface area contributed by atoms with E-state index < -0.39 is 23.4 Å². The van der Waals surface area contributed by atoms with Gasteiger partial charge in [0.1, 0.15) is 5.60 Å². The van der Waals surface area contributed by atoms with Gasteiger partial charge in [0.05, 0.1) is 18.2 Å². The number of amides is 1. The Kier molecular flexibility index (Phi) is 7.35. The molecule has 2 aromatic rings. The number of piperidine rings is 1. The Morgan fingerprint density at radius 1 is 1.13 bits per heavy atom. The van der Waals surface area contributed by atoms with E-state index in [2.05, 4.69) is 5.32 Å². The zero-order chi connectivity index (χ0) is 22.5. The number of aryl methyl sites for hydroxylation is 1. The Morgan fingerprint density at radius 2 is 1.84 bits per heavy atom. The summed E-state index contributed by atoms with van der Waals surface area (Å²) < 4.78 is 38.6. The molecule has 1 aliphatic rings. The fourth-order valence-electron chi connectivity index (χ4n) is 3.78. The minimum absolute atomic E-state index is 0.0304. The summed E-state index contributed by atoms with van der Waals surface area (Å²) in [7, 11) is 0. The van der Waals surface area contributed by atoms with Crippen LogP contribution < -0.4 is 5.32 Å². The van der Waals surface area contributed by atoms with Crippen LogP contribution in [0.5, 0.6) is 0 Å². The number of carbonyl (C=O) groups excluding carboxylic acids is 1. The van der Waals surface area contributed by atoms with Crippen molar-refractivity contribution in [1.29, 1.82) is 0 Å². The van der Waals surface area contributed by atoms with Crippen molar-refractivity contribution < 1.29 is 28.2 Å². The standard InChI is InChI=1S/C23H27F3N2O3/c24-23(25,26)19-8-4-7-18(13-19)14-27-15-22(31)16-28(12-11-20(22)29)21(30)10-9-17-5-2-1-3-6-17/h1-8,13,20,27,29,31H,9-12,14-16H2/t20-,22+/m0/s1. The van der Waals surface area contributed by atoms with Gasteiger partial charge in [-0.15, -0.1) is 0 Å². The van der Waals surface area contributed by atoms with E-state index in [1.165, 1.54) is 6.07 Å². The molecular formula is C23H27F3N2O3. The van der Waals surface area contributed by atoms with Gasteiger partial charge in [0.15, 0.2) is 0 Å². The third-order valence-corrected chi connectivity index (χ3v) is 5.60. The lowest BCUT2D eigenvalue weighted by molar-refractivity contribution is -0.151. The van der Waals surface area contributed by atoms with Gasteiger partial charge < -0.3 is 20.4 Å². The molecule has 1 amide bonds. The van der Waals surface area contributed by atoms with E-state index in [0.29, 0.717) is 24.9 Å². The summed E-state index contributed by atoms with van der Waals surface area (Å²) in [6.07, 6.45) is -4.33. The minimum atomic E-state index is -4.42. The number of nitrogens with zero attached hydrogens (tertiary/aromatic N) is 1. The monoisotopic (exact) mass is 436 g/mol. The van der Waals surface area contributed by atoms with Crippen LogP contribution >= 0.6 is 0 Å². The molecule has 2 atom stereocenters. The fraction of sp³-hybridized carbons (Fsp3) is 0.435. The quantitative estimate of drug-likeness (QED) is 0.624. The van der Waals surface area contributed by atoms with Crippen LogP contribution in [0.2, 0.25) is 0 Å². The largest absolute Gasteiger partial charge is 0.416 e. The van der Waals surface area contributed by atoms with Crippen molar-refractivity contribution in [1.82, 2.24) is 10.2 Å². The Hall–Kier alpha value is -2.42. The molecule has 3 rings (SSSR count). The van der Waals surface area contributed by atoms with E-state index in [-0.39, 0.29) is 32.0 Å². The first-order valence-electron chi connectivity index (χ1n) is 10.3. The Morgan fingerprint density at radius 3 is 2.55 bits per heavy atom. The number of benzene rings is 2. The van der Waals surface area contributed by atoms with E-state index in [0.717, 1.165) is 17.7 Å². The molecule has 0 bridgehead atoms. The maximum atomic E-state index is 12.9. The number of rotatable bonds is 7. The summed E-state index contributed by atoms with van der Waals surface area (Å²) in [6, 6.07) is 14.6. The number of hydrogen-bond acceptors (Lipinski definition) is 4. The van der Waals surface area contributed by atoms with Crippen molar-refractivity contribution >= 4 is 5.91 Å². The number of likely N-dealkylation sites (tertiary alicyclic amines) is 1. The van der Waals surface area contributed by atoms with Crippen LogP contribution in [0.4, 0.5) is 13.2 Å². The Bertz CT molecular complexity index is 876. The van der Waals surface area contributed by atoms with Gasteiger partial charge in [-0.2, -0.15) is 13.2 Å². The Balaban J connectivity index is 1.54. The van der Waals surface area contributed by atoms with Gasteiger partial charge in [-0.25, -0.2) is 0 Å². The molecule has 0 unspecified atom stereocenters. The van der Waals surface area contributed by atoms with Gasteiger partial charge in [0, 0.05) is 26.1 Å². The van der Waals surface area contributed by atoms with Gasteiger partial charge in [-0.3, -0.25) is 4.79 Å². The second-order valence-corrected chi connectivity index (χ2v) is 8.01. The van der Waals surface area contributed by atoms with Crippen molar-refractivity contribution in [3.8, 4) is 0 Å². The van der Waals surface area contributed by atoms with Gasteiger partial charge in [-0.1, -0.05) is 48.5 Å². The lowest BCUT2D eigenvalue weighted by Gasteiger charge is -2.43. The van der Waals surface area contributed by atoms with Crippen LogP contribution in [0.3, 0.4) is 0 Å². The molecule has 168 valence electrons. The smallest absolute Gasteiger partial charge is 0.390 e. The minimum Gasteiger partial charge on any atom is -0.390 e. The highest BCUT2D eigenvalue weighted by Crippen LogP contribution is 2.29. The number of nitrogens with one attached hydrogen (secondary N) is 1. The predicted molar refractivity (Wildman–Crippen MR) is 110 cm³/mol. The normalized spacial score (nSPS) is 21.8. The lowest BCUT2D eigenvalue weighted by atomic mass is 9.89. The van der Waals surface area contributed by atoms with Crippen LogP contribution in [0.15, 0.2) is 54.6 Å². The topological polar surface area (TPSA) is 72.8 Å². The lowest BCUT2D eigenvalue weighted by Crippen LogP contribution is -2.62. The molecule has 31 heavy (non-hydrogen) atoms. The van der Waals surface area contributed by atoms with Crippen molar-refractivity contribution in [2.24, 2.45) is 0 Å². The van der Waals surface area contributed by atoms with Crippen LogP contribution in [-0.2, 0) is 23.9 Å². The molecule has 0 aromatic heterocycles. The molecule has 1 heterocycles. The number of β-amino-alcohol motifs (C(OH)–C–C–N with tert-alkyl or cyclic N) is 1. The van der Waals surface area contributed by atoms with E-state index in [1.54, 1.807) is 11.0 Å². The van der Waals surface area contributed by atoms with Crippen LogP contribution in [0.1, 0.15) is 29.5 Å². The van der Waals surface area contributed by atoms with Crippen LogP contribution in [-0.4, -0.2) is 52.4 Å². The first-order chi connectivity index (χ1) is 14.7. The molecule has 0 saturated carbocycles. The van der Waals surface area contributed by atoms with Gasteiger partial charge in [-0.05, 0) is 30.0 Å². The number of carbonyl (C=O) groups is 1. The molecule has 0 radical (unpaired) electrons. The summed E-state index contributed by atoms with van der Waals surface area (Å²) in [4.78, 5) is 14.1. The van der Waals surface area contributed by atoms with Crippen LogP contribution in [0.25, 0.3) is 0 Å². The van der Waals surface area contributed by atoms with E-state index >= 15 is 0 Å². The number of hydrogen-bond donors (Lipinski definition) is 3. The molecule has 2 aromatic carbocycles. The fourth-order valence-corrected chi connectivity index (χ4v) is 3.78. The Labute approximate surface area is 179 Å². The highest BCUT2D eigenvalue weighted by Gasteiger charge is 2.42. The summed E-state index contributed by atoms with van der Waals surface area (Å²) in [6.45, 7) is 0.371. The van der Waals surface area contributed by atoms with Crippen molar-refractivity contribution in [2.45, 2.75) is 43.7 Å². The molecule has 8 heteroatoms. The first-order valence-corrected chi connectivity index (χ1v) is 10.3. The summed E-state index contributed by atoms with van der Waals surface area (Å²) in [5, 5.41) is 24.1. The molecule has 1 aliphatic heterocycles. The van der Waals surface area contributed by atoms with Crippen molar-refractivity contribution in [3.05, 3.63) is 71.3 Å². The SMILES string of the molecule is O=C(CCc1ccccc1)N1CC[C@H](O)[C@@](O)(CNCc2cccc(C(F)(F)F)c2)C1. The van der Waals surface area contributed by atoms with Crippen molar-refractivity contribution in [2.75, 3.05) is 19.6 Å². The average Bonchev–Trinajstić information content (AvgIpc) is 2.74. The molecule has 0 aliphatic carbocycles. The zero-order valence-electron chi connectivity index (χ0n) is 17.1. The highest BCUT2D eigenvalue weighted by atomic mass is 19.4. The number of alkyl halides is 3. The number of halogens is 3. The maximum absolute atomic E-state index is 12.9. The van der Waals surface area contributed by atoms with Gasteiger partial charge in [0.2, 0.25) is 5.91 Å². The van der Waals surface area contributed by atoms with Gasteiger partial charge >= 0.3 is 6.18 Å². The molecule has 3 N–H and O–H groups in total. The molecule has 5 nitrogen and oxygen atoms in total.